The summed E-state index contributed by atoms with van der Waals surface area (Å²) in [4.78, 5) is 23.8. The number of carbonyl (C=O) groups excluding carboxylic acids is 2. The fourth-order valence-electron chi connectivity index (χ4n) is 1.18. The third-order valence-electron chi connectivity index (χ3n) is 2.22. The molecule has 1 heterocycles. The molecule has 4 nitrogen and oxygen atoms in total. The molecule has 1 rings (SSSR count). The summed E-state index contributed by atoms with van der Waals surface area (Å²) < 4.78 is 4.68. The van der Waals surface area contributed by atoms with Crippen LogP contribution in [-0.4, -0.2) is 30.1 Å². The van der Waals surface area contributed by atoms with Crippen molar-refractivity contribution in [3.63, 3.8) is 0 Å². The molecule has 78 valence electrons. The summed E-state index contributed by atoms with van der Waals surface area (Å²) in [6.07, 6.45) is 1.47. The molecule has 14 heavy (non-hydrogen) atoms. The minimum absolute atomic E-state index is 0.197. The minimum Gasteiger partial charge on any atom is -0.447 e. The number of amides is 2. The van der Waals surface area contributed by atoms with Gasteiger partial charge in [-0.15, -0.1) is 6.58 Å². The molecule has 1 aliphatic rings. The molecule has 1 aliphatic heterocycles. The van der Waals surface area contributed by atoms with E-state index in [2.05, 4.69) is 11.3 Å². The summed E-state index contributed by atoms with van der Waals surface area (Å²) >= 11 is 0. The van der Waals surface area contributed by atoms with Crippen molar-refractivity contribution in [2.75, 3.05) is 13.2 Å². The van der Waals surface area contributed by atoms with E-state index in [4.69, 9.17) is 0 Å². The van der Waals surface area contributed by atoms with Crippen LogP contribution in [0.4, 0.5) is 4.79 Å². The van der Waals surface area contributed by atoms with Gasteiger partial charge in [0.2, 0.25) is 5.91 Å². The summed E-state index contributed by atoms with van der Waals surface area (Å²) in [5.74, 6) is -0.197. The molecule has 0 spiro atoms. The van der Waals surface area contributed by atoms with Crippen molar-refractivity contribution in [3.8, 4) is 0 Å². The van der Waals surface area contributed by atoms with E-state index in [1.807, 2.05) is 13.8 Å². The molecule has 2 amide bonds. The van der Waals surface area contributed by atoms with Crippen molar-refractivity contribution in [1.82, 2.24) is 4.90 Å². The van der Waals surface area contributed by atoms with E-state index in [0.717, 1.165) is 4.90 Å². The van der Waals surface area contributed by atoms with Gasteiger partial charge in [-0.1, -0.05) is 19.9 Å². The first-order valence-electron chi connectivity index (χ1n) is 4.57. The Bertz CT molecular complexity index is 271. The van der Waals surface area contributed by atoms with E-state index in [9.17, 15) is 9.59 Å². The Morgan fingerprint density at radius 1 is 1.71 bits per heavy atom. The van der Waals surface area contributed by atoms with Gasteiger partial charge >= 0.3 is 6.09 Å². The Morgan fingerprint density at radius 3 is 2.79 bits per heavy atom. The van der Waals surface area contributed by atoms with Crippen molar-refractivity contribution in [2.45, 2.75) is 20.3 Å². The first-order valence-corrected chi connectivity index (χ1v) is 4.57. The zero-order valence-electron chi connectivity index (χ0n) is 8.58. The zero-order chi connectivity index (χ0) is 10.8. The molecule has 0 aromatic rings. The van der Waals surface area contributed by atoms with Crippen LogP contribution in [0.1, 0.15) is 20.3 Å². The maximum atomic E-state index is 11.6. The van der Waals surface area contributed by atoms with Crippen LogP contribution < -0.4 is 0 Å². The molecule has 0 aromatic heterocycles. The van der Waals surface area contributed by atoms with Gasteiger partial charge in [-0.25, -0.2) is 9.69 Å². The normalized spacial score (nSPS) is 16.7. The van der Waals surface area contributed by atoms with Gasteiger partial charge in [-0.3, -0.25) is 4.79 Å². The van der Waals surface area contributed by atoms with Gasteiger partial charge < -0.3 is 4.74 Å². The summed E-state index contributed by atoms with van der Waals surface area (Å²) in [6.45, 7) is 8.12. The van der Waals surface area contributed by atoms with Crippen LogP contribution in [0.15, 0.2) is 12.7 Å². The highest BCUT2D eigenvalue weighted by molar-refractivity contribution is 5.93. The van der Waals surface area contributed by atoms with E-state index >= 15 is 0 Å². The second-order valence-corrected chi connectivity index (χ2v) is 4.03. The Kier molecular flexibility index (Phi) is 2.93. The fourth-order valence-corrected chi connectivity index (χ4v) is 1.18. The molecule has 1 fully saturated rings. The fraction of sp³-hybridized carbons (Fsp3) is 0.600. The van der Waals surface area contributed by atoms with Crippen molar-refractivity contribution in [1.29, 1.82) is 0 Å². The third-order valence-corrected chi connectivity index (χ3v) is 2.22. The molecular weight excluding hydrogens is 182 g/mol. The summed E-state index contributed by atoms with van der Waals surface area (Å²) in [5, 5.41) is 0. The third kappa shape index (κ3) is 2.34. The molecule has 0 N–H and O–H groups in total. The molecule has 4 heteroatoms. The van der Waals surface area contributed by atoms with E-state index < -0.39 is 6.09 Å². The van der Waals surface area contributed by atoms with Crippen LogP contribution in [0.3, 0.4) is 0 Å². The number of ether oxygens (including phenoxy) is 1. The van der Waals surface area contributed by atoms with E-state index in [1.165, 1.54) is 0 Å². The van der Waals surface area contributed by atoms with Crippen molar-refractivity contribution >= 4 is 12.0 Å². The topological polar surface area (TPSA) is 46.6 Å². The Balaban J connectivity index is 2.58. The number of carbonyl (C=O) groups is 2. The van der Waals surface area contributed by atoms with Gasteiger partial charge in [0.05, 0.1) is 6.54 Å². The van der Waals surface area contributed by atoms with Crippen molar-refractivity contribution in [2.24, 2.45) is 5.41 Å². The average molecular weight is 197 g/mol. The van der Waals surface area contributed by atoms with Crippen LogP contribution >= 0.6 is 0 Å². The maximum absolute atomic E-state index is 11.6. The van der Waals surface area contributed by atoms with Crippen LogP contribution in [0.25, 0.3) is 0 Å². The lowest BCUT2D eigenvalue weighted by Gasteiger charge is -2.20. The average Bonchev–Trinajstić information content (AvgIpc) is 2.51. The number of rotatable bonds is 3. The summed E-state index contributed by atoms with van der Waals surface area (Å²) in [5.41, 5.74) is -0.278. The Hall–Kier alpha value is -1.32. The molecule has 0 saturated carbocycles. The van der Waals surface area contributed by atoms with Gasteiger partial charge in [0.1, 0.15) is 6.61 Å². The highest BCUT2D eigenvalue weighted by Crippen LogP contribution is 2.23. The largest absolute Gasteiger partial charge is 0.447 e. The van der Waals surface area contributed by atoms with E-state index in [-0.39, 0.29) is 17.7 Å². The first kappa shape index (κ1) is 10.8. The van der Waals surface area contributed by atoms with Crippen LogP contribution in [0.2, 0.25) is 0 Å². The van der Waals surface area contributed by atoms with Crippen LogP contribution in [-0.2, 0) is 9.53 Å². The summed E-state index contributed by atoms with van der Waals surface area (Å²) in [6, 6.07) is 0. The quantitative estimate of drug-likeness (QED) is 0.645. The van der Waals surface area contributed by atoms with E-state index in [1.54, 1.807) is 6.08 Å². The second-order valence-electron chi connectivity index (χ2n) is 4.03. The number of imide groups is 1. The highest BCUT2D eigenvalue weighted by atomic mass is 16.6. The predicted molar refractivity (Wildman–Crippen MR) is 51.7 cm³/mol. The second kappa shape index (κ2) is 3.82. The molecule has 0 aliphatic carbocycles. The SMILES string of the molecule is C=CC(C)(C)CC(=O)N1CCOC1=O. The lowest BCUT2D eigenvalue weighted by molar-refractivity contribution is -0.129. The molecule has 0 bridgehead atoms. The molecule has 1 saturated heterocycles. The monoisotopic (exact) mass is 197 g/mol. The molecule has 0 radical (unpaired) electrons. The zero-order valence-corrected chi connectivity index (χ0v) is 8.58. The Labute approximate surface area is 83.5 Å². The van der Waals surface area contributed by atoms with Gasteiger partial charge in [0.15, 0.2) is 0 Å². The molecule has 0 unspecified atom stereocenters. The predicted octanol–water partition coefficient (Wildman–Crippen LogP) is 1.57. The molecular formula is C10H15NO3. The number of nitrogens with zero attached hydrogens (tertiary/aromatic N) is 1. The van der Waals surface area contributed by atoms with E-state index in [0.29, 0.717) is 13.2 Å². The standard InChI is InChI=1S/C10H15NO3/c1-4-10(2,3)7-8(12)11-5-6-14-9(11)13/h4H,1,5-7H2,2-3H3. The van der Waals surface area contributed by atoms with Crippen molar-refractivity contribution in [3.05, 3.63) is 12.7 Å². The maximum Gasteiger partial charge on any atom is 0.416 e. The molecule has 0 aromatic carbocycles. The van der Waals surface area contributed by atoms with Gasteiger partial charge in [-0.05, 0) is 5.41 Å². The first-order chi connectivity index (χ1) is 6.46. The highest BCUT2D eigenvalue weighted by Gasteiger charge is 2.31. The number of cyclic esters (lactones) is 1. The number of hydrogen-bond acceptors (Lipinski definition) is 3. The lowest BCUT2D eigenvalue weighted by atomic mass is 9.89. The van der Waals surface area contributed by atoms with Gasteiger partial charge in [0, 0.05) is 6.42 Å². The number of allylic oxidation sites excluding steroid dienone is 1. The van der Waals surface area contributed by atoms with Gasteiger partial charge in [0.25, 0.3) is 0 Å². The van der Waals surface area contributed by atoms with Crippen molar-refractivity contribution < 1.29 is 14.3 Å². The Morgan fingerprint density at radius 2 is 2.36 bits per heavy atom. The lowest BCUT2D eigenvalue weighted by Crippen LogP contribution is -2.34. The number of hydrogen-bond donors (Lipinski definition) is 0. The van der Waals surface area contributed by atoms with Crippen LogP contribution in [0, 0.1) is 5.41 Å². The van der Waals surface area contributed by atoms with Gasteiger partial charge in [-0.2, -0.15) is 0 Å². The molecule has 0 atom stereocenters. The smallest absolute Gasteiger partial charge is 0.416 e. The summed E-state index contributed by atoms with van der Waals surface area (Å²) in [7, 11) is 0. The van der Waals surface area contributed by atoms with Crippen LogP contribution in [0.5, 0.6) is 0 Å². The minimum atomic E-state index is -0.533.